The van der Waals surface area contributed by atoms with E-state index in [1.807, 2.05) is 36.6 Å². The van der Waals surface area contributed by atoms with Crippen LogP contribution in [0.15, 0.2) is 36.4 Å². The Hall–Kier alpha value is -1.65. The fourth-order valence-electron chi connectivity index (χ4n) is 2.76. The van der Waals surface area contributed by atoms with E-state index in [-0.39, 0.29) is 11.9 Å². The van der Waals surface area contributed by atoms with Gasteiger partial charge in [-0.05, 0) is 30.2 Å². The molecule has 0 radical (unpaired) electrons. The topological polar surface area (TPSA) is 32.3 Å². The van der Waals surface area contributed by atoms with Gasteiger partial charge in [0.25, 0.3) is 0 Å². The third-order valence-corrected chi connectivity index (χ3v) is 5.24. The molecule has 1 aliphatic rings. The average molecular weight is 300 g/mol. The van der Waals surface area contributed by atoms with E-state index in [0.717, 1.165) is 18.7 Å². The number of carbonyl (C=O) groups is 1. The first-order valence-corrected chi connectivity index (χ1v) is 8.17. The van der Waals surface area contributed by atoms with Crippen LogP contribution in [0.2, 0.25) is 0 Å². The van der Waals surface area contributed by atoms with Crippen molar-refractivity contribution in [2.45, 2.75) is 32.4 Å². The normalized spacial score (nSPS) is 17.9. The molecule has 3 nitrogen and oxygen atoms in total. The predicted molar refractivity (Wildman–Crippen MR) is 87.7 cm³/mol. The summed E-state index contributed by atoms with van der Waals surface area (Å²) in [6.45, 7) is 3.00. The minimum absolute atomic E-state index is 0.108. The van der Waals surface area contributed by atoms with Crippen LogP contribution in [0, 0.1) is 0 Å². The lowest BCUT2D eigenvalue weighted by Gasteiger charge is -2.32. The summed E-state index contributed by atoms with van der Waals surface area (Å²) in [6, 6.07) is 12.6. The summed E-state index contributed by atoms with van der Waals surface area (Å²) in [5.41, 5.74) is 2.23. The maximum atomic E-state index is 12.1. The Labute approximate surface area is 129 Å². The number of nitrogens with zero attached hydrogens (tertiary/aromatic N) is 1. The minimum atomic E-state index is 0.108. The Bertz CT molecular complexity index is 650. The highest BCUT2D eigenvalue weighted by atomic mass is 32.1. The van der Waals surface area contributed by atoms with Crippen molar-refractivity contribution in [3.8, 4) is 0 Å². The molecular formula is C17H20N2OS. The number of nitrogens with one attached hydrogen (secondary N) is 1. The lowest BCUT2D eigenvalue weighted by molar-refractivity contribution is -0.119. The molecule has 2 aromatic rings. The molecule has 0 saturated carbocycles. The van der Waals surface area contributed by atoms with Crippen LogP contribution in [0.4, 0.5) is 5.69 Å². The molecule has 0 bridgehead atoms. The first-order valence-electron chi connectivity index (χ1n) is 7.35. The highest BCUT2D eigenvalue weighted by Gasteiger charge is 2.28. The Balaban J connectivity index is 1.76. The van der Waals surface area contributed by atoms with Gasteiger partial charge >= 0.3 is 0 Å². The maximum absolute atomic E-state index is 12.1. The molecule has 1 aromatic heterocycles. The molecule has 2 heterocycles. The van der Waals surface area contributed by atoms with Crippen molar-refractivity contribution in [3.05, 3.63) is 51.7 Å². The van der Waals surface area contributed by atoms with E-state index in [9.17, 15) is 4.79 Å². The van der Waals surface area contributed by atoms with Gasteiger partial charge < -0.3 is 10.2 Å². The summed E-state index contributed by atoms with van der Waals surface area (Å²) in [5, 5.41) is 3.55. The third-order valence-electron chi connectivity index (χ3n) is 4.01. The zero-order chi connectivity index (χ0) is 14.8. The van der Waals surface area contributed by atoms with E-state index in [1.54, 1.807) is 4.90 Å². The summed E-state index contributed by atoms with van der Waals surface area (Å²) in [6.07, 6.45) is 1.61. The molecule has 1 N–H and O–H groups in total. The highest BCUT2D eigenvalue weighted by Crippen LogP contribution is 2.33. The third kappa shape index (κ3) is 2.87. The van der Waals surface area contributed by atoms with Gasteiger partial charge in [-0.3, -0.25) is 4.79 Å². The Morgan fingerprint density at radius 3 is 2.76 bits per heavy atom. The molecule has 1 unspecified atom stereocenters. The lowest BCUT2D eigenvalue weighted by Crippen LogP contribution is -2.37. The molecule has 21 heavy (non-hydrogen) atoms. The number of benzene rings is 1. The van der Waals surface area contributed by atoms with Crippen LogP contribution in [-0.4, -0.2) is 13.0 Å². The number of para-hydroxylation sites is 1. The van der Waals surface area contributed by atoms with Crippen LogP contribution in [0.5, 0.6) is 0 Å². The molecule has 110 valence electrons. The molecule has 0 fully saturated rings. The van der Waals surface area contributed by atoms with Crippen LogP contribution in [0.25, 0.3) is 0 Å². The van der Waals surface area contributed by atoms with Gasteiger partial charge in [-0.2, -0.15) is 0 Å². The van der Waals surface area contributed by atoms with Gasteiger partial charge in [0, 0.05) is 41.5 Å². The number of fused-ring (bicyclic) bond motifs is 1. The van der Waals surface area contributed by atoms with Gasteiger partial charge in [0.05, 0.1) is 0 Å². The van der Waals surface area contributed by atoms with Crippen LogP contribution < -0.4 is 10.2 Å². The van der Waals surface area contributed by atoms with E-state index >= 15 is 0 Å². The summed E-state index contributed by atoms with van der Waals surface area (Å²) < 4.78 is 0. The molecule has 0 saturated heterocycles. The molecule has 0 aliphatic carbocycles. The maximum Gasteiger partial charge on any atom is 0.228 e. The van der Waals surface area contributed by atoms with Crippen LogP contribution in [0.3, 0.4) is 0 Å². The van der Waals surface area contributed by atoms with Crippen molar-refractivity contribution in [1.29, 1.82) is 0 Å². The predicted octanol–water partition coefficient (Wildman–Crippen LogP) is 3.51. The number of rotatable bonds is 4. The number of amides is 1. The quantitative estimate of drug-likeness (QED) is 0.937. The van der Waals surface area contributed by atoms with Crippen LogP contribution >= 0.6 is 11.3 Å². The number of carbonyl (C=O) groups excluding carboxylic acids is 1. The Morgan fingerprint density at radius 2 is 2.00 bits per heavy atom. The van der Waals surface area contributed by atoms with E-state index in [0.29, 0.717) is 6.42 Å². The smallest absolute Gasteiger partial charge is 0.228 e. The Kier molecular flexibility index (Phi) is 4.08. The van der Waals surface area contributed by atoms with E-state index in [1.165, 1.54) is 15.3 Å². The summed E-state index contributed by atoms with van der Waals surface area (Å²) in [7, 11) is 1.85. The Morgan fingerprint density at radius 1 is 1.24 bits per heavy atom. The SMILES string of the molecule is CCc1ccc(CNC2CC(=O)N(C)c3ccccc32)s1. The summed E-state index contributed by atoms with van der Waals surface area (Å²) >= 11 is 1.85. The largest absolute Gasteiger partial charge is 0.315 e. The van der Waals surface area contributed by atoms with Crippen molar-refractivity contribution < 1.29 is 4.79 Å². The second-order valence-corrected chi connectivity index (χ2v) is 6.62. The van der Waals surface area contributed by atoms with Crippen molar-refractivity contribution in [3.63, 3.8) is 0 Å². The van der Waals surface area contributed by atoms with Gasteiger partial charge in [0.1, 0.15) is 0 Å². The molecule has 0 spiro atoms. The van der Waals surface area contributed by atoms with Gasteiger partial charge in [0.15, 0.2) is 0 Å². The van der Waals surface area contributed by atoms with E-state index in [4.69, 9.17) is 0 Å². The number of anilines is 1. The first kappa shape index (κ1) is 14.3. The van der Waals surface area contributed by atoms with E-state index in [2.05, 4.69) is 30.4 Å². The summed E-state index contributed by atoms with van der Waals surface area (Å²) in [5.74, 6) is 0.173. The zero-order valence-electron chi connectivity index (χ0n) is 12.4. The highest BCUT2D eigenvalue weighted by molar-refractivity contribution is 7.11. The molecule has 1 atom stereocenters. The molecule has 3 rings (SSSR count). The van der Waals surface area contributed by atoms with Gasteiger partial charge in [-0.25, -0.2) is 0 Å². The van der Waals surface area contributed by atoms with Crippen molar-refractivity contribution >= 4 is 22.9 Å². The van der Waals surface area contributed by atoms with Gasteiger partial charge in [0.2, 0.25) is 5.91 Å². The van der Waals surface area contributed by atoms with Crippen LogP contribution in [-0.2, 0) is 17.8 Å². The molecular weight excluding hydrogens is 280 g/mol. The molecule has 1 amide bonds. The van der Waals surface area contributed by atoms with E-state index < -0.39 is 0 Å². The molecule has 1 aliphatic heterocycles. The number of hydrogen-bond donors (Lipinski definition) is 1. The van der Waals surface area contributed by atoms with Crippen molar-refractivity contribution in [1.82, 2.24) is 5.32 Å². The van der Waals surface area contributed by atoms with Crippen molar-refractivity contribution in [2.75, 3.05) is 11.9 Å². The number of thiophene rings is 1. The second kappa shape index (κ2) is 6.00. The lowest BCUT2D eigenvalue weighted by atomic mass is 9.96. The molecule has 1 aromatic carbocycles. The monoisotopic (exact) mass is 300 g/mol. The second-order valence-electron chi connectivity index (χ2n) is 5.37. The zero-order valence-corrected chi connectivity index (χ0v) is 13.2. The standard InChI is InChI=1S/C17H20N2OS/c1-3-12-8-9-13(21-12)11-18-15-10-17(20)19(2)16-7-5-4-6-14(15)16/h4-9,15,18H,3,10-11H2,1-2H3. The summed E-state index contributed by atoms with van der Waals surface area (Å²) in [4.78, 5) is 16.6. The fourth-order valence-corrected chi connectivity index (χ4v) is 3.67. The van der Waals surface area contributed by atoms with Crippen molar-refractivity contribution in [2.24, 2.45) is 0 Å². The number of aryl methyl sites for hydroxylation is 1. The van der Waals surface area contributed by atoms with Gasteiger partial charge in [-0.15, -0.1) is 11.3 Å². The molecule has 4 heteroatoms. The minimum Gasteiger partial charge on any atom is -0.315 e. The van der Waals surface area contributed by atoms with Crippen LogP contribution in [0.1, 0.15) is 34.7 Å². The van der Waals surface area contributed by atoms with Gasteiger partial charge in [-0.1, -0.05) is 25.1 Å². The number of hydrogen-bond acceptors (Lipinski definition) is 3. The fraction of sp³-hybridized carbons (Fsp3) is 0.353. The first-order chi connectivity index (χ1) is 10.2. The average Bonchev–Trinajstić information content (AvgIpc) is 2.97.